The van der Waals surface area contributed by atoms with Crippen molar-refractivity contribution in [2.45, 2.75) is 0 Å². The monoisotopic (exact) mass is 264 g/mol. The second-order valence-corrected chi connectivity index (χ2v) is 3.71. The molecule has 0 aliphatic rings. The van der Waals surface area contributed by atoms with Crippen LogP contribution < -0.4 is 10.3 Å². The number of carbonyl (C=O) groups excluding carboxylic acids is 1. The molecule has 19 heavy (non-hydrogen) atoms. The molecule has 1 N–H and O–H groups in total. The van der Waals surface area contributed by atoms with Gasteiger partial charge >= 0.3 is 0 Å². The molecule has 0 saturated carbocycles. The molecule has 0 aliphatic heterocycles. The molecule has 8 nitrogen and oxygen atoms in total. The Bertz CT molecular complexity index is 749. The van der Waals surface area contributed by atoms with Gasteiger partial charge in [0.15, 0.2) is 5.75 Å². The predicted molar refractivity (Wildman–Crippen MR) is 64.2 cm³/mol. The van der Waals surface area contributed by atoms with Crippen LogP contribution >= 0.6 is 0 Å². The fourth-order valence-corrected chi connectivity index (χ4v) is 1.75. The summed E-state index contributed by atoms with van der Waals surface area (Å²) in [5.74, 6) is -1.04. The van der Waals surface area contributed by atoms with E-state index in [0.717, 1.165) is 10.6 Å². The van der Waals surface area contributed by atoms with Crippen LogP contribution in [0.25, 0.3) is 10.9 Å². The smallest absolute Gasteiger partial charge is 0.298 e. The summed E-state index contributed by atoms with van der Waals surface area (Å²) in [6, 6.07) is 3.61. The Balaban J connectivity index is 2.89. The molecule has 0 amide bonds. The molecule has 0 bridgehead atoms. The first-order valence-electron chi connectivity index (χ1n) is 5.07. The Kier molecular flexibility index (Phi) is 2.91. The van der Waals surface area contributed by atoms with Gasteiger partial charge in [-0.15, -0.1) is 0 Å². The van der Waals surface area contributed by atoms with Crippen LogP contribution in [0.2, 0.25) is 0 Å². The molecule has 0 saturated heterocycles. The van der Waals surface area contributed by atoms with Crippen molar-refractivity contribution < 1.29 is 19.6 Å². The fourth-order valence-electron chi connectivity index (χ4n) is 1.75. The van der Waals surface area contributed by atoms with Gasteiger partial charge in [0.1, 0.15) is 0 Å². The van der Waals surface area contributed by atoms with Gasteiger partial charge in [0.2, 0.25) is 5.75 Å². The molecule has 0 radical (unpaired) electrons. The zero-order valence-electron chi connectivity index (χ0n) is 9.69. The van der Waals surface area contributed by atoms with Gasteiger partial charge in [-0.05, 0) is 6.07 Å². The summed E-state index contributed by atoms with van der Waals surface area (Å²) in [7, 11) is 1.35. The molecule has 0 spiro atoms. The topological polar surface area (TPSA) is 112 Å². The number of ether oxygens (including phenoxy) is 1. The minimum absolute atomic E-state index is 0.0215. The van der Waals surface area contributed by atoms with Gasteiger partial charge < -0.3 is 14.4 Å². The van der Waals surface area contributed by atoms with Crippen molar-refractivity contribution in [1.82, 2.24) is 4.57 Å². The van der Waals surface area contributed by atoms with E-state index in [4.69, 9.17) is 0 Å². The van der Waals surface area contributed by atoms with Gasteiger partial charge in [0.25, 0.3) is 17.7 Å². The lowest BCUT2D eigenvalue weighted by Crippen LogP contribution is -2.19. The van der Waals surface area contributed by atoms with Gasteiger partial charge in [-0.1, -0.05) is 0 Å². The molecule has 1 heterocycles. The van der Waals surface area contributed by atoms with E-state index in [1.165, 1.54) is 19.2 Å². The minimum Gasteiger partial charge on any atom is -0.504 e. The van der Waals surface area contributed by atoms with E-state index < -0.39 is 22.0 Å². The maximum Gasteiger partial charge on any atom is 0.298 e. The normalized spacial score (nSPS) is 10.4. The highest BCUT2D eigenvalue weighted by molar-refractivity contribution is 5.89. The van der Waals surface area contributed by atoms with E-state index in [1.807, 2.05) is 0 Å². The van der Waals surface area contributed by atoms with Crippen LogP contribution in [0.5, 0.6) is 11.5 Å². The first kappa shape index (κ1) is 12.6. The van der Waals surface area contributed by atoms with Crippen molar-refractivity contribution in [2.75, 3.05) is 0 Å². The van der Waals surface area contributed by atoms with Gasteiger partial charge in [-0.3, -0.25) is 19.7 Å². The first-order valence-corrected chi connectivity index (χ1v) is 5.07. The number of aryl methyl sites for hydroxylation is 1. The zero-order chi connectivity index (χ0) is 14.2. The fraction of sp³-hybridized carbons (Fsp3) is 0.0909. The third-order valence-electron chi connectivity index (χ3n) is 2.69. The SMILES string of the molecule is Cn1c(=O)c(OC=O)c(O)c2ccc([N+](=O)[O-])cc21. The summed E-state index contributed by atoms with van der Waals surface area (Å²) in [5.41, 5.74) is -0.821. The molecule has 1 aromatic heterocycles. The van der Waals surface area contributed by atoms with Crippen molar-refractivity contribution >= 4 is 23.1 Å². The van der Waals surface area contributed by atoms with E-state index in [-0.39, 0.29) is 23.1 Å². The van der Waals surface area contributed by atoms with Crippen LogP contribution in [0, 0.1) is 10.1 Å². The van der Waals surface area contributed by atoms with Gasteiger partial charge in [0.05, 0.1) is 10.4 Å². The molecule has 0 atom stereocenters. The molecule has 8 heteroatoms. The second kappa shape index (κ2) is 4.41. The summed E-state index contributed by atoms with van der Waals surface area (Å²) in [4.78, 5) is 32.2. The molecule has 0 fully saturated rings. The lowest BCUT2D eigenvalue weighted by molar-refractivity contribution is -0.384. The minimum atomic E-state index is -0.766. The number of fused-ring (bicyclic) bond motifs is 1. The van der Waals surface area contributed by atoms with Gasteiger partial charge in [0, 0.05) is 24.6 Å². The highest BCUT2D eigenvalue weighted by Gasteiger charge is 2.18. The largest absolute Gasteiger partial charge is 0.504 e. The van der Waals surface area contributed by atoms with Crippen LogP contribution in [-0.4, -0.2) is 21.1 Å². The van der Waals surface area contributed by atoms with Crippen LogP contribution in [0.3, 0.4) is 0 Å². The number of non-ortho nitro benzene ring substituents is 1. The number of hydrogen-bond acceptors (Lipinski definition) is 6. The molecule has 0 aliphatic carbocycles. The standard InChI is InChI=1S/C11H8N2O6/c1-12-8-4-6(13(17)18)2-3-7(8)9(15)10(11(12)16)19-5-14/h2-5,15H,1H3. The molecule has 2 rings (SSSR count). The van der Waals surface area contributed by atoms with Crippen LogP contribution in [-0.2, 0) is 11.8 Å². The maximum absolute atomic E-state index is 11.8. The highest BCUT2D eigenvalue weighted by Crippen LogP contribution is 2.32. The zero-order valence-corrected chi connectivity index (χ0v) is 9.69. The van der Waals surface area contributed by atoms with Crippen molar-refractivity contribution in [3.05, 3.63) is 38.7 Å². The van der Waals surface area contributed by atoms with Gasteiger partial charge in [-0.2, -0.15) is 0 Å². The van der Waals surface area contributed by atoms with E-state index >= 15 is 0 Å². The number of nitrogens with zero attached hydrogens (tertiary/aromatic N) is 2. The molecule has 98 valence electrons. The number of aromatic nitrogens is 1. The van der Waals surface area contributed by atoms with Crippen molar-refractivity contribution in [2.24, 2.45) is 7.05 Å². The summed E-state index contributed by atoms with van der Waals surface area (Å²) in [6.45, 7) is 0.0215. The van der Waals surface area contributed by atoms with E-state index in [2.05, 4.69) is 4.74 Å². The Labute approximate surface area is 105 Å². The summed E-state index contributed by atoms with van der Waals surface area (Å²) < 4.78 is 5.49. The first-order chi connectivity index (χ1) is 8.97. The summed E-state index contributed by atoms with van der Waals surface area (Å²) in [6.07, 6.45) is 0. The van der Waals surface area contributed by atoms with E-state index in [1.54, 1.807) is 0 Å². The van der Waals surface area contributed by atoms with Crippen LogP contribution in [0.1, 0.15) is 0 Å². The summed E-state index contributed by atoms with van der Waals surface area (Å²) in [5, 5.41) is 20.7. The number of pyridine rings is 1. The van der Waals surface area contributed by atoms with Crippen LogP contribution in [0.15, 0.2) is 23.0 Å². The van der Waals surface area contributed by atoms with Crippen LogP contribution in [0.4, 0.5) is 5.69 Å². The Morgan fingerprint density at radius 2 is 2.16 bits per heavy atom. The lowest BCUT2D eigenvalue weighted by atomic mass is 10.1. The number of nitro groups is 1. The molecule has 2 aromatic rings. The Hall–Kier alpha value is -2.90. The number of aromatic hydroxyl groups is 1. The van der Waals surface area contributed by atoms with Crippen molar-refractivity contribution in [3.63, 3.8) is 0 Å². The maximum atomic E-state index is 11.8. The number of hydrogen-bond donors (Lipinski definition) is 1. The molecular formula is C11H8N2O6. The molecule has 1 aromatic carbocycles. The van der Waals surface area contributed by atoms with Crippen molar-refractivity contribution in [1.29, 1.82) is 0 Å². The number of benzene rings is 1. The van der Waals surface area contributed by atoms with E-state index in [0.29, 0.717) is 0 Å². The number of rotatable bonds is 3. The van der Waals surface area contributed by atoms with Gasteiger partial charge in [-0.25, -0.2) is 0 Å². The third kappa shape index (κ3) is 1.88. The van der Waals surface area contributed by atoms with E-state index in [9.17, 15) is 24.8 Å². The molecular weight excluding hydrogens is 256 g/mol. The summed E-state index contributed by atoms with van der Waals surface area (Å²) >= 11 is 0. The Morgan fingerprint density at radius 1 is 1.47 bits per heavy atom. The lowest BCUT2D eigenvalue weighted by Gasteiger charge is -2.09. The highest BCUT2D eigenvalue weighted by atomic mass is 16.6. The Morgan fingerprint density at radius 3 is 2.74 bits per heavy atom. The number of carbonyl (C=O) groups is 1. The number of nitro benzene ring substituents is 1. The average molecular weight is 264 g/mol. The second-order valence-electron chi connectivity index (χ2n) is 3.71. The molecule has 0 unspecified atom stereocenters. The quantitative estimate of drug-likeness (QED) is 0.495. The third-order valence-corrected chi connectivity index (χ3v) is 2.69. The van der Waals surface area contributed by atoms with Crippen molar-refractivity contribution in [3.8, 4) is 11.5 Å². The average Bonchev–Trinajstić information content (AvgIpc) is 2.40. The predicted octanol–water partition coefficient (Wildman–Crippen LogP) is 0.687.